The molecule has 0 atom stereocenters. The van der Waals surface area contributed by atoms with E-state index in [1.165, 1.54) is 59.1 Å². The average molecular weight is 618 g/mol. The van der Waals surface area contributed by atoms with E-state index in [1.807, 2.05) is 48.2 Å². The summed E-state index contributed by atoms with van der Waals surface area (Å²) in [6.07, 6.45) is 0. The summed E-state index contributed by atoms with van der Waals surface area (Å²) >= 11 is 1.86. The van der Waals surface area contributed by atoms with E-state index >= 15 is 0 Å². The van der Waals surface area contributed by atoms with Crippen LogP contribution >= 0.6 is 11.8 Å². The third kappa shape index (κ3) is 3.79. The number of aromatic nitrogens is 2. The molecule has 0 fully saturated rings. The van der Waals surface area contributed by atoms with E-state index in [4.69, 9.17) is 5.41 Å². The normalized spacial score (nSPS) is 12.3. The minimum atomic E-state index is 0.527. The van der Waals surface area contributed by atoms with Crippen LogP contribution in [-0.2, 0) is 0 Å². The SMILES string of the molecule is N=C(c1ccccc1)c1ccccc1-c1cccc(-n2c3ccccc3c3c4c5ccccc5n5c4c(cc32)Sc2ccccc2-5)c1. The van der Waals surface area contributed by atoms with Gasteiger partial charge in [-0.2, -0.15) is 0 Å². The molecule has 220 valence electrons. The summed E-state index contributed by atoms with van der Waals surface area (Å²) in [6.45, 7) is 0. The Morgan fingerprint density at radius 2 is 1.19 bits per heavy atom. The molecule has 1 aliphatic heterocycles. The number of nitrogens with zero attached hydrogens (tertiary/aromatic N) is 2. The van der Waals surface area contributed by atoms with Crippen molar-refractivity contribution in [3.63, 3.8) is 0 Å². The monoisotopic (exact) mass is 617 g/mol. The van der Waals surface area contributed by atoms with Crippen molar-refractivity contribution in [1.82, 2.24) is 9.13 Å². The summed E-state index contributed by atoms with van der Waals surface area (Å²) in [5.74, 6) is 0. The van der Waals surface area contributed by atoms with Crippen molar-refractivity contribution < 1.29 is 0 Å². The highest BCUT2D eigenvalue weighted by molar-refractivity contribution is 7.99. The van der Waals surface area contributed by atoms with Gasteiger partial charge in [-0.3, -0.25) is 5.41 Å². The first-order valence-corrected chi connectivity index (χ1v) is 16.7. The highest BCUT2D eigenvalue weighted by Crippen LogP contribution is 2.51. The van der Waals surface area contributed by atoms with Gasteiger partial charge in [0.05, 0.1) is 33.5 Å². The highest BCUT2D eigenvalue weighted by atomic mass is 32.2. The Morgan fingerprint density at radius 3 is 2.04 bits per heavy atom. The van der Waals surface area contributed by atoms with Crippen molar-refractivity contribution in [3.05, 3.63) is 169 Å². The topological polar surface area (TPSA) is 33.7 Å². The maximum Gasteiger partial charge on any atom is 0.0690 e. The Balaban J connectivity index is 1.26. The molecule has 0 amide bonds. The Hall–Kier alpha value is -5.84. The van der Waals surface area contributed by atoms with Crippen LogP contribution in [0.2, 0.25) is 0 Å². The predicted molar refractivity (Wildman–Crippen MR) is 197 cm³/mol. The van der Waals surface area contributed by atoms with E-state index in [0.717, 1.165) is 27.9 Å². The molecule has 1 N–H and O–H groups in total. The fourth-order valence-corrected chi connectivity index (χ4v) is 8.66. The molecule has 0 radical (unpaired) electrons. The molecule has 0 saturated heterocycles. The van der Waals surface area contributed by atoms with Gasteiger partial charge in [-0.15, -0.1) is 0 Å². The third-order valence-electron chi connectivity index (χ3n) is 9.54. The van der Waals surface area contributed by atoms with Gasteiger partial charge in [0, 0.05) is 48.2 Å². The molecule has 10 rings (SSSR count). The van der Waals surface area contributed by atoms with E-state index in [9.17, 15) is 0 Å². The van der Waals surface area contributed by atoms with Gasteiger partial charge in [-0.05, 0) is 53.6 Å². The molecule has 0 aliphatic carbocycles. The van der Waals surface area contributed by atoms with Gasteiger partial charge in [0.25, 0.3) is 0 Å². The second kappa shape index (κ2) is 10.1. The van der Waals surface area contributed by atoms with Gasteiger partial charge in [-0.25, -0.2) is 0 Å². The molecule has 0 saturated carbocycles. The predicted octanol–water partition coefficient (Wildman–Crippen LogP) is 11.4. The molecule has 1 aliphatic rings. The van der Waals surface area contributed by atoms with Crippen LogP contribution in [-0.4, -0.2) is 14.8 Å². The summed E-state index contributed by atoms with van der Waals surface area (Å²) in [6, 6.07) is 55.9. The molecule has 2 aromatic heterocycles. The van der Waals surface area contributed by atoms with Crippen molar-refractivity contribution in [2.24, 2.45) is 0 Å². The number of rotatable bonds is 4. The molecule has 3 heterocycles. The summed E-state index contributed by atoms with van der Waals surface area (Å²) < 4.78 is 4.90. The van der Waals surface area contributed by atoms with Gasteiger partial charge < -0.3 is 9.13 Å². The van der Waals surface area contributed by atoms with Crippen LogP contribution in [0.25, 0.3) is 66.1 Å². The molecule has 7 aromatic carbocycles. The lowest BCUT2D eigenvalue weighted by molar-refractivity contribution is 1.09. The van der Waals surface area contributed by atoms with Crippen molar-refractivity contribution in [2.45, 2.75) is 9.79 Å². The summed E-state index contributed by atoms with van der Waals surface area (Å²) in [7, 11) is 0. The number of hydrogen-bond donors (Lipinski definition) is 1. The first kappa shape index (κ1) is 26.4. The Morgan fingerprint density at radius 1 is 0.511 bits per heavy atom. The first-order valence-electron chi connectivity index (χ1n) is 15.9. The van der Waals surface area contributed by atoms with Crippen LogP contribution in [0.5, 0.6) is 0 Å². The van der Waals surface area contributed by atoms with Gasteiger partial charge in [-0.1, -0.05) is 127 Å². The smallest absolute Gasteiger partial charge is 0.0690 e. The number of fused-ring (bicyclic) bond motifs is 9. The fraction of sp³-hybridized carbons (Fsp3) is 0. The van der Waals surface area contributed by atoms with Crippen molar-refractivity contribution in [2.75, 3.05) is 0 Å². The minimum absolute atomic E-state index is 0.527. The maximum atomic E-state index is 9.11. The molecule has 0 spiro atoms. The molecule has 3 nitrogen and oxygen atoms in total. The van der Waals surface area contributed by atoms with Crippen LogP contribution < -0.4 is 0 Å². The van der Waals surface area contributed by atoms with E-state index in [0.29, 0.717) is 5.71 Å². The number of hydrogen-bond acceptors (Lipinski definition) is 2. The fourth-order valence-electron chi connectivity index (χ4n) is 7.56. The molecule has 0 bridgehead atoms. The number of nitrogens with one attached hydrogen (secondary N) is 1. The third-order valence-corrected chi connectivity index (χ3v) is 10.6. The van der Waals surface area contributed by atoms with Crippen LogP contribution in [0.4, 0.5) is 0 Å². The minimum Gasteiger partial charge on any atom is -0.309 e. The van der Waals surface area contributed by atoms with E-state index in [2.05, 4.69) is 130 Å². The molecular weight excluding hydrogens is 591 g/mol. The quantitative estimate of drug-likeness (QED) is 0.196. The van der Waals surface area contributed by atoms with Crippen molar-refractivity contribution in [3.8, 4) is 22.5 Å². The molecule has 9 aromatic rings. The lowest BCUT2D eigenvalue weighted by atomic mass is 9.93. The van der Waals surface area contributed by atoms with Gasteiger partial charge in [0.15, 0.2) is 0 Å². The molecule has 0 unspecified atom stereocenters. The second-order valence-corrected chi connectivity index (χ2v) is 13.2. The lowest BCUT2D eigenvalue weighted by Gasteiger charge is -2.20. The zero-order chi connectivity index (χ0) is 31.1. The summed E-state index contributed by atoms with van der Waals surface area (Å²) in [4.78, 5) is 2.54. The van der Waals surface area contributed by atoms with Gasteiger partial charge >= 0.3 is 0 Å². The zero-order valence-corrected chi connectivity index (χ0v) is 26.1. The van der Waals surface area contributed by atoms with E-state index < -0.39 is 0 Å². The Bertz CT molecular complexity index is 2730. The standard InChI is InChI=1S/C43H27N3S/c44-42(27-13-2-1-3-14-27)31-18-5-4-17-30(31)28-15-12-16-29(25-28)45-34-21-8-6-19-32(34)40-37(45)26-39-43-41(40)33-20-7-9-22-35(33)46(43)36-23-10-11-24-38(36)47-39/h1-26,44H. The van der Waals surface area contributed by atoms with Gasteiger partial charge in [0.1, 0.15) is 0 Å². The lowest BCUT2D eigenvalue weighted by Crippen LogP contribution is -2.03. The first-order chi connectivity index (χ1) is 23.3. The Kier molecular flexibility index (Phi) is 5.66. The molecular formula is C43H27N3S. The van der Waals surface area contributed by atoms with Crippen LogP contribution in [0.1, 0.15) is 11.1 Å². The molecule has 4 heteroatoms. The van der Waals surface area contributed by atoms with Crippen molar-refractivity contribution in [1.29, 1.82) is 5.41 Å². The second-order valence-electron chi connectivity index (χ2n) is 12.1. The largest absolute Gasteiger partial charge is 0.309 e. The summed E-state index contributed by atoms with van der Waals surface area (Å²) in [5.41, 5.74) is 11.8. The zero-order valence-electron chi connectivity index (χ0n) is 25.3. The van der Waals surface area contributed by atoms with Crippen LogP contribution in [0, 0.1) is 5.41 Å². The number of para-hydroxylation sites is 3. The van der Waals surface area contributed by atoms with Crippen LogP contribution in [0.3, 0.4) is 0 Å². The summed E-state index contributed by atoms with van der Waals surface area (Å²) in [5, 5.41) is 14.2. The number of benzene rings is 7. The molecule has 47 heavy (non-hydrogen) atoms. The van der Waals surface area contributed by atoms with E-state index in [-0.39, 0.29) is 0 Å². The van der Waals surface area contributed by atoms with Crippen molar-refractivity contribution >= 4 is 61.1 Å². The van der Waals surface area contributed by atoms with Crippen LogP contribution in [0.15, 0.2) is 168 Å². The Labute approximate surface area is 275 Å². The van der Waals surface area contributed by atoms with Gasteiger partial charge in [0.2, 0.25) is 0 Å². The van der Waals surface area contributed by atoms with E-state index in [1.54, 1.807) is 0 Å². The highest BCUT2D eigenvalue weighted by Gasteiger charge is 2.27. The maximum absolute atomic E-state index is 9.11. The average Bonchev–Trinajstić information content (AvgIpc) is 3.66.